The number of aliphatic hydroxyl groups is 1. The molecule has 82 valence electrons. The van der Waals surface area contributed by atoms with Crippen LogP contribution in [0.5, 0.6) is 0 Å². The number of nitrogens with zero attached hydrogens (tertiary/aromatic N) is 1. The maximum Gasteiger partial charge on any atom is 0.0626 e. The van der Waals surface area contributed by atoms with E-state index < -0.39 is 0 Å². The Labute approximate surface area is 86.3 Å². The van der Waals surface area contributed by atoms with Crippen molar-refractivity contribution in [2.45, 2.75) is 37.6 Å². The Morgan fingerprint density at radius 1 is 1.21 bits per heavy atom. The maximum absolute atomic E-state index is 9.37. The molecule has 1 heterocycles. The van der Waals surface area contributed by atoms with E-state index in [1.165, 1.54) is 45.2 Å². The van der Waals surface area contributed by atoms with E-state index in [1.54, 1.807) is 0 Å². The highest BCUT2D eigenvalue weighted by Crippen LogP contribution is 2.38. The van der Waals surface area contributed by atoms with Crippen LogP contribution in [0.15, 0.2) is 0 Å². The van der Waals surface area contributed by atoms with Gasteiger partial charge in [-0.25, -0.2) is 0 Å². The van der Waals surface area contributed by atoms with Crippen molar-refractivity contribution in [2.24, 2.45) is 11.7 Å². The maximum atomic E-state index is 9.37. The van der Waals surface area contributed by atoms with Gasteiger partial charge in [-0.1, -0.05) is 6.42 Å². The first kappa shape index (κ1) is 10.4. The van der Waals surface area contributed by atoms with Crippen molar-refractivity contribution in [1.29, 1.82) is 0 Å². The van der Waals surface area contributed by atoms with Crippen LogP contribution < -0.4 is 5.73 Å². The van der Waals surface area contributed by atoms with Crippen LogP contribution in [0.1, 0.15) is 32.1 Å². The fourth-order valence-corrected chi connectivity index (χ4v) is 2.50. The highest BCUT2D eigenvalue weighted by atomic mass is 16.3. The summed E-state index contributed by atoms with van der Waals surface area (Å²) in [5, 5.41) is 9.37. The average Bonchev–Trinajstić information content (AvgIpc) is 3.03. The monoisotopic (exact) mass is 198 g/mol. The largest absolute Gasteiger partial charge is 0.394 e. The van der Waals surface area contributed by atoms with Crippen molar-refractivity contribution in [3.05, 3.63) is 0 Å². The van der Waals surface area contributed by atoms with E-state index in [9.17, 15) is 5.11 Å². The van der Waals surface area contributed by atoms with Crippen LogP contribution in [-0.4, -0.2) is 41.8 Å². The number of piperidine rings is 1. The quantitative estimate of drug-likeness (QED) is 0.694. The van der Waals surface area contributed by atoms with Gasteiger partial charge in [-0.2, -0.15) is 0 Å². The third-order valence-corrected chi connectivity index (χ3v) is 3.65. The summed E-state index contributed by atoms with van der Waals surface area (Å²) in [6, 6.07) is 0. The first-order valence-electron chi connectivity index (χ1n) is 5.87. The van der Waals surface area contributed by atoms with Crippen LogP contribution in [0, 0.1) is 5.92 Å². The molecule has 0 amide bonds. The molecule has 14 heavy (non-hydrogen) atoms. The molecule has 3 N–H and O–H groups in total. The average molecular weight is 198 g/mol. The minimum absolute atomic E-state index is 0.147. The molecule has 1 saturated carbocycles. The first-order chi connectivity index (χ1) is 6.74. The number of likely N-dealkylation sites (tertiary alicyclic amines) is 1. The Morgan fingerprint density at radius 3 is 2.36 bits per heavy atom. The third-order valence-electron chi connectivity index (χ3n) is 3.65. The second-order valence-electron chi connectivity index (χ2n) is 5.00. The van der Waals surface area contributed by atoms with E-state index in [0.717, 1.165) is 6.54 Å². The van der Waals surface area contributed by atoms with Crippen molar-refractivity contribution in [3.8, 4) is 0 Å². The topological polar surface area (TPSA) is 49.5 Å². The molecule has 3 nitrogen and oxygen atoms in total. The predicted octanol–water partition coefficient (Wildman–Crippen LogP) is 0.572. The molecule has 0 bridgehead atoms. The lowest BCUT2D eigenvalue weighted by Crippen LogP contribution is -2.55. The predicted molar refractivity (Wildman–Crippen MR) is 57.0 cm³/mol. The van der Waals surface area contributed by atoms with Crippen LogP contribution in [0.4, 0.5) is 0 Å². The van der Waals surface area contributed by atoms with Crippen LogP contribution in [0.2, 0.25) is 0 Å². The molecule has 2 fully saturated rings. The number of aliphatic hydroxyl groups excluding tert-OH is 1. The van der Waals surface area contributed by atoms with Crippen LogP contribution in [0.3, 0.4) is 0 Å². The molecule has 1 atom stereocenters. The Kier molecular flexibility index (Phi) is 3.10. The summed E-state index contributed by atoms with van der Waals surface area (Å²) in [6.07, 6.45) is 6.38. The van der Waals surface area contributed by atoms with E-state index in [2.05, 4.69) is 4.90 Å². The molecule has 1 aliphatic heterocycles. The Bertz CT molecular complexity index is 188. The summed E-state index contributed by atoms with van der Waals surface area (Å²) in [4.78, 5) is 2.43. The Balaban J connectivity index is 1.86. The van der Waals surface area contributed by atoms with Crippen molar-refractivity contribution in [2.75, 3.05) is 26.2 Å². The highest BCUT2D eigenvalue weighted by Gasteiger charge is 2.42. The zero-order valence-corrected chi connectivity index (χ0v) is 8.91. The van der Waals surface area contributed by atoms with Crippen LogP contribution in [0.25, 0.3) is 0 Å². The molecule has 0 aromatic carbocycles. The standard InChI is InChI=1S/C11H22N2O/c12-11(9-14,10-4-5-10)8-13-6-2-1-3-7-13/h10,14H,1-9,12H2. The molecule has 0 aromatic heterocycles. The van der Waals surface area contributed by atoms with E-state index >= 15 is 0 Å². The number of rotatable bonds is 4. The fourth-order valence-electron chi connectivity index (χ4n) is 2.50. The summed E-state index contributed by atoms with van der Waals surface area (Å²) < 4.78 is 0. The minimum Gasteiger partial charge on any atom is -0.394 e. The lowest BCUT2D eigenvalue weighted by Gasteiger charge is -2.36. The molecular formula is C11H22N2O. The second kappa shape index (κ2) is 4.17. The summed E-state index contributed by atoms with van der Waals surface area (Å²) >= 11 is 0. The molecule has 2 aliphatic rings. The SMILES string of the molecule is NC(CO)(CN1CCCCC1)C1CC1. The zero-order valence-electron chi connectivity index (χ0n) is 8.91. The van der Waals surface area contributed by atoms with E-state index in [1.807, 2.05) is 0 Å². The van der Waals surface area contributed by atoms with E-state index in [4.69, 9.17) is 5.73 Å². The van der Waals surface area contributed by atoms with Gasteiger partial charge in [-0.05, 0) is 44.7 Å². The minimum atomic E-state index is -0.308. The number of nitrogens with two attached hydrogens (primary N) is 1. The van der Waals surface area contributed by atoms with Crippen molar-refractivity contribution in [1.82, 2.24) is 4.90 Å². The first-order valence-corrected chi connectivity index (χ1v) is 5.87. The van der Waals surface area contributed by atoms with Gasteiger partial charge in [0.25, 0.3) is 0 Å². The van der Waals surface area contributed by atoms with Gasteiger partial charge in [0, 0.05) is 6.54 Å². The molecule has 2 rings (SSSR count). The molecule has 1 saturated heterocycles. The van der Waals surface area contributed by atoms with Gasteiger partial charge in [0.15, 0.2) is 0 Å². The van der Waals surface area contributed by atoms with Crippen molar-refractivity contribution in [3.63, 3.8) is 0 Å². The van der Waals surface area contributed by atoms with Crippen LogP contribution >= 0.6 is 0 Å². The summed E-state index contributed by atoms with van der Waals surface area (Å²) in [7, 11) is 0. The second-order valence-corrected chi connectivity index (χ2v) is 5.00. The lowest BCUT2D eigenvalue weighted by atomic mass is 9.94. The Morgan fingerprint density at radius 2 is 1.86 bits per heavy atom. The van der Waals surface area contributed by atoms with E-state index in [0.29, 0.717) is 5.92 Å². The summed E-state index contributed by atoms with van der Waals surface area (Å²) in [5.41, 5.74) is 5.93. The normalized spacial score (nSPS) is 28.7. The van der Waals surface area contributed by atoms with Gasteiger partial charge < -0.3 is 15.7 Å². The van der Waals surface area contributed by atoms with Gasteiger partial charge in [-0.15, -0.1) is 0 Å². The summed E-state index contributed by atoms with van der Waals surface area (Å²) in [5.74, 6) is 0.578. The Hall–Kier alpha value is -0.120. The van der Waals surface area contributed by atoms with E-state index in [-0.39, 0.29) is 12.1 Å². The van der Waals surface area contributed by atoms with Gasteiger partial charge >= 0.3 is 0 Å². The molecule has 0 aromatic rings. The van der Waals surface area contributed by atoms with Crippen molar-refractivity contribution >= 4 is 0 Å². The smallest absolute Gasteiger partial charge is 0.0626 e. The summed E-state index contributed by atoms with van der Waals surface area (Å²) in [6.45, 7) is 3.39. The highest BCUT2D eigenvalue weighted by molar-refractivity contribution is 5.00. The molecule has 1 aliphatic carbocycles. The number of hydrogen-bond acceptors (Lipinski definition) is 3. The zero-order chi connectivity index (χ0) is 10.0. The molecule has 0 radical (unpaired) electrons. The molecule has 3 heteroatoms. The fraction of sp³-hybridized carbons (Fsp3) is 1.00. The molecular weight excluding hydrogens is 176 g/mol. The van der Waals surface area contributed by atoms with Gasteiger partial charge in [0.2, 0.25) is 0 Å². The third kappa shape index (κ3) is 2.27. The van der Waals surface area contributed by atoms with Crippen molar-refractivity contribution < 1.29 is 5.11 Å². The van der Waals surface area contributed by atoms with Crippen LogP contribution in [-0.2, 0) is 0 Å². The number of hydrogen-bond donors (Lipinski definition) is 2. The van der Waals surface area contributed by atoms with Gasteiger partial charge in [0.05, 0.1) is 12.1 Å². The molecule has 0 spiro atoms. The molecule has 1 unspecified atom stereocenters. The lowest BCUT2D eigenvalue weighted by molar-refractivity contribution is 0.109. The van der Waals surface area contributed by atoms with Gasteiger partial charge in [0.1, 0.15) is 0 Å². The van der Waals surface area contributed by atoms with Gasteiger partial charge in [-0.3, -0.25) is 0 Å².